The maximum absolute atomic E-state index is 9.18. The smallest absolute Gasteiger partial charge is 0.163 e. The monoisotopic (exact) mass is 254 g/mol. The van der Waals surface area contributed by atoms with Crippen LogP contribution in [0.4, 0.5) is 0 Å². The van der Waals surface area contributed by atoms with Crippen LogP contribution in [0.3, 0.4) is 0 Å². The molecule has 0 amide bonds. The lowest BCUT2D eigenvalue weighted by atomic mass is 10.2. The SMILES string of the molecule is COc1cccc(-c2nc(C#N)c3n2CCNC3)c1. The van der Waals surface area contributed by atoms with Crippen LogP contribution in [-0.2, 0) is 13.1 Å². The molecular weight excluding hydrogens is 240 g/mol. The predicted molar refractivity (Wildman–Crippen MR) is 70.6 cm³/mol. The minimum Gasteiger partial charge on any atom is -0.497 e. The molecule has 2 heterocycles. The molecule has 0 atom stereocenters. The Morgan fingerprint density at radius 1 is 1.47 bits per heavy atom. The van der Waals surface area contributed by atoms with Crippen molar-refractivity contribution in [1.29, 1.82) is 5.26 Å². The van der Waals surface area contributed by atoms with Gasteiger partial charge < -0.3 is 14.6 Å². The lowest BCUT2D eigenvalue weighted by Gasteiger charge is -2.18. The molecule has 0 saturated heterocycles. The largest absolute Gasteiger partial charge is 0.497 e. The Morgan fingerprint density at radius 2 is 2.37 bits per heavy atom. The minimum atomic E-state index is 0.505. The number of nitrogens with one attached hydrogen (secondary N) is 1. The Balaban J connectivity index is 2.14. The number of hydrogen-bond donors (Lipinski definition) is 1. The van der Waals surface area contributed by atoms with Crippen molar-refractivity contribution in [3.8, 4) is 23.2 Å². The molecular formula is C14H14N4O. The summed E-state index contributed by atoms with van der Waals surface area (Å²) in [4.78, 5) is 4.46. The molecule has 0 saturated carbocycles. The summed E-state index contributed by atoms with van der Waals surface area (Å²) in [5.41, 5.74) is 2.44. The second kappa shape index (κ2) is 4.75. The van der Waals surface area contributed by atoms with Gasteiger partial charge in [-0.05, 0) is 12.1 Å². The van der Waals surface area contributed by atoms with E-state index in [0.29, 0.717) is 12.2 Å². The van der Waals surface area contributed by atoms with Gasteiger partial charge in [0.25, 0.3) is 0 Å². The zero-order valence-electron chi connectivity index (χ0n) is 10.7. The number of hydrogen-bond acceptors (Lipinski definition) is 4. The lowest BCUT2D eigenvalue weighted by Crippen LogP contribution is -2.28. The molecule has 0 fully saturated rings. The Hall–Kier alpha value is -2.32. The molecule has 0 radical (unpaired) electrons. The zero-order valence-corrected chi connectivity index (χ0v) is 10.7. The Kier molecular flexibility index (Phi) is 2.94. The summed E-state index contributed by atoms with van der Waals surface area (Å²) in [5.74, 6) is 1.63. The van der Waals surface area contributed by atoms with Crippen LogP contribution in [0.5, 0.6) is 5.75 Å². The van der Waals surface area contributed by atoms with E-state index in [0.717, 1.165) is 35.9 Å². The van der Waals surface area contributed by atoms with Gasteiger partial charge >= 0.3 is 0 Å². The lowest BCUT2D eigenvalue weighted by molar-refractivity contribution is 0.415. The highest BCUT2D eigenvalue weighted by Crippen LogP contribution is 2.26. The molecule has 0 bridgehead atoms. The molecule has 1 aliphatic heterocycles. The van der Waals surface area contributed by atoms with E-state index >= 15 is 0 Å². The van der Waals surface area contributed by atoms with E-state index in [-0.39, 0.29) is 0 Å². The molecule has 1 aromatic carbocycles. The molecule has 0 spiro atoms. The quantitative estimate of drug-likeness (QED) is 0.883. The first-order chi connectivity index (χ1) is 9.33. The summed E-state index contributed by atoms with van der Waals surface area (Å²) in [6, 6.07) is 9.93. The second-order valence-corrected chi connectivity index (χ2v) is 4.40. The molecule has 1 N–H and O–H groups in total. The van der Waals surface area contributed by atoms with Crippen LogP contribution < -0.4 is 10.1 Å². The Morgan fingerprint density at radius 3 is 3.16 bits per heavy atom. The number of ether oxygens (including phenoxy) is 1. The molecule has 5 nitrogen and oxygen atoms in total. The fraction of sp³-hybridized carbons (Fsp3) is 0.286. The van der Waals surface area contributed by atoms with Gasteiger partial charge in [0.15, 0.2) is 5.69 Å². The van der Waals surface area contributed by atoms with Crippen molar-refractivity contribution < 1.29 is 4.74 Å². The van der Waals surface area contributed by atoms with Gasteiger partial charge in [-0.3, -0.25) is 0 Å². The van der Waals surface area contributed by atoms with E-state index in [1.807, 2.05) is 24.3 Å². The van der Waals surface area contributed by atoms with Gasteiger partial charge in [-0.1, -0.05) is 12.1 Å². The van der Waals surface area contributed by atoms with E-state index in [1.54, 1.807) is 7.11 Å². The van der Waals surface area contributed by atoms with Gasteiger partial charge in [-0.25, -0.2) is 4.98 Å². The van der Waals surface area contributed by atoms with E-state index in [1.165, 1.54) is 0 Å². The molecule has 3 rings (SSSR count). The first kappa shape index (κ1) is 11.8. The fourth-order valence-corrected chi connectivity index (χ4v) is 2.38. The van der Waals surface area contributed by atoms with E-state index in [2.05, 4.69) is 20.9 Å². The minimum absolute atomic E-state index is 0.505. The standard InChI is InChI=1S/C14H14N4O/c1-19-11-4-2-3-10(7-11)14-17-12(8-15)13-9-16-5-6-18(13)14/h2-4,7,16H,5-6,9H2,1H3. The molecule has 19 heavy (non-hydrogen) atoms. The number of benzene rings is 1. The third kappa shape index (κ3) is 1.96. The van der Waals surface area contributed by atoms with Crippen LogP contribution in [0.1, 0.15) is 11.4 Å². The second-order valence-electron chi connectivity index (χ2n) is 4.40. The van der Waals surface area contributed by atoms with Gasteiger partial charge in [0.2, 0.25) is 0 Å². The predicted octanol–water partition coefficient (Wildman–Crippen LogP) is 1.53. The highest BCUT2D eigenvalue weighted by atomic mass is 16.5. The number of nitriles is 1. The topological polar surface area (TPSA) is 62.9 Å². The van der Waals surface area contributed by atoms with Crippen LogP contribution in [-0.4, -0.2) is 23.2 Å². The Labute approximate surface area is 111 Å². The van der Waals surface area contributed by atoms with E-state index in [9.17, 15) is 5.26 Å². The maximum Gasteiger partial charge on any atom is 0.163 e. The van der Waals surface area contributed by atoms with Crippen molar-refractivity contribution in [2.75, 3.05) is 13.7 Å². The molecule has 5 heteroatoms. The summed E-state index contributed by atoms with van der Waals surface area (Å²) in [5, 5.41) is 12.4. The Bertz CT molecular complexity index is 654. The first-order valence-corrected chi connectivity index (χ1v) is 6.18. The average Bonchev–Trinajstić information content (AvgIpc) is 2.86. The number of methoxy groups -OCH3 is 1. The van der Waals surface area contributed by atoms with Crippen LogP contribution in [0.25, 0.3) is 11.4 Å². The number of aromatic nitrogens is 2. The van der Waals surface area contributed by atoms with Crippen molar-refractivity contribution in [3.05, 3.63) is 35.7 Å². The van der Waals surface area contributed by atoms with Gasteiger partial charge in [-0.2, -0.15) is 5.26 Å². The van der Waals surface area contributed by atoms with Gasteiger partial charge in [0.05, 0.1) is 12.8 Å². The number of rotatable bonds is 2. The van der Waals surface area contributed by atoms with Crippen molar-refractivity contribution in [2.45, 2.75) is 13.1 Å². The van der Waals surface area contributed by atoms with Gasteiger partial charge in [-0.15, -0.1) is 0 Å². The van der Waals surface area contributed by atoms with Crippen LogP contribution >= 0.6 is 0 Å². The van der Waals surface area contributed by atoms with Gasteiger partial charge in [0, 0.05) is 25.2 Å². The molecule has 0 aliphatic carbocycles. The van der Waals surface area contributed by atoms with Crippen molar-refractivity contribution in [2.24, 2.45) is 0 Å². The highest BCUT2D eigenvalue weighted by molar-refractivity contribution is 5.60. The number of nitrogens with zero attached hydrogens (tertiary/aromatic N) is 3. The fourth-order valence-electron chi connectivity index (χ4n) is 2.38. The molecule has 2 aromatic rings. The third-order valence-electron chi connectivity index (χ3n) is 3.31. The van der Waals surface area contributed by atoms with Crippen molar-refractivity contribution in [1.82, 2.24) is 14.9 Å². The third-order valence-corrected chi connectivity index (χ3v) is 3.31. The van der Waals surface area contributed by atoms with Crippen molar-refractivity contribution >= 4 is 0 Å². The van der Waals surface area contributed by atoms with Crippen LogP contribution in [0, 0.1) is 11.3 Å². The summed E-state index contributed by atoms with van der Waals surface area (Å²) in [6.45, 7) is 2.42. The van der Waals surface area contributed by atoms with Gasteiger partial charge in [0.1, 0.15) is 17.6 Å². The molecule has 1 aromatic heterocycles. The number of fused-ring (bicyclic) bond motifs is 1. The van der Waals surface area contributed by atoms with Crippen molar-refractivity contribution in [3.63, 3.8) is 0 Å². The number of imidazole rings is 1. The summed E-state index contributed by atoms with van der Waals surface area (Å²) < 4.78 is 7.35. The zero-order chi connectivity index (χ0) is 13.2. The highest BCUT2D eigenvalue weighted by Gasteiger charge is 2.20. The normalized spacial score (nSPS) is 13.7. The van der Waals surface area contributed by atoms with Crippen LogP contribution in [0.2, 0.25) is 0 Å². The summed E-state index contributed by atoms with van der Waals surface area (Å²) in [6.07, 6.45) is 0. The molecule has 0 unspecified atom stereocenters. The van der Waals surface area contributed by atoms with E-state index < -0.39 is 0 Å². The van der Waals surface area contributed by atoms with E-state index in [4.69, 9.17) is 4.74 Å². The summed E-state index contributed by atoms with van der Waals surface area (Å²) >= 11 is 0. The molecule has 1 aliphatic rings. The summed E-state index contributed by atoms with van der Waals surface area (Å²) in [7, 11) is 1.64. The average molecular weight is 254 g/mol. The first-order valence-electron chi connectivity index (χ1n) is 6.18. The maximum atomic E-state index is 9.18. The van der Waals surface area contributed by atoms with Crippen LogP contribution in [0.15, 0.2) is 24.3 Å². The molecule has 96 valence electrons.